The van der Waals surface area contributed by atoms with E-state index >= 15 is 0 Å². The molecule has 3 aromatic carbocycles. The third-order valence-corrected chi connectivity index (χ3v) is 6.45. The Morgan fingerprint density at radius 3 is 2.58 bits per heavy atom. The first-order valence-corrected chi connectivity index (χ1v) is 10.6. The molecule has 31 heavy (non-hydrogen) atoms. The minimum Gasteiger partial charge on any atom is -0.496 e. The molecule has 158 valence electrons. The standard InChI is InChI=1S/C27H27FN2O/c1-16-7-6-8-23(17(16)2)30-15-21-19(20-10-9-18(28)13-25(20)31-5)11-12-22-26(21)24(30)14-27(3,4)29-22/h6-14,29H,15H2,1-5H3. The van der Waals surface area contributed by atoms with Gasteiger partial charge in [-0.05, 0) is 80.3 Å². The highest BCUT2D eigenvalue weighted by Crippen LogP contribution is 2.50. The zero-order valence-electron chi connectivity index (χ0n) is 18.6. The van der Waals surface area contributed by atoms with Crippen molar-refractivity contribution < 1.29 is 9.13 Å². The Balaban J connectivity index is 1.75. The fraction of sp³-hybridized carbons (Fsp3) is 0.259. The highest BCUT2D eigenvalue weighted by molar-refractivity contribution is 5.97. The van der Waals surface area contributed by atoms with Gasteiger partial charge in [0.15, 0.2) is 0 Å². The monoisotopic (exact) mass is 414 g/mol. The van der Waals surface area contributed by atoms with Crippen molar-refractivity contribution in [3.63, 3.8) is 0 Å². The van der Waals surface area contributed by atoms with E-state index in [9.17, 15) is 4.39 Å². The van der Waals surface area contributed by atoms with Crippen molar-refractivity contribution >= 4 is 17.1 Å². The van der Waals surface area contributed by atoms with Gasteiger partial charge in [0, 0.05) is 40.8 Å². The van der Waals surface area contributed by atoms with Gasteiger partial charge >= 0.3 is 0 Å². The van der Waals surface area contributed by atoms with Gasteiger partial charge in [-0.25, -0.2) is 4.39 Å². The number of ether oxygens (including phenoxy) is 1. The van der Waals surface area contributed by atoms with E-state index < -0.39 is 0 Å². The number of methoxy groups -OCH3 is 1. The predicted octanol–water partition coefficient (Wildman–Crippen LogP) is 6.68. The number of hydrogen-bond acceptors (Lipinski definition) is 3. The maximum Gasteiger partial charge on any atom is 0.129 e. The molecule has 0 aliphatic carbocycles. The Morgan fingerprint density at radius 1 is 1.03 bits per heavy atom. The molecule has 2 aliphatic heterocycles. The van der Waals surface area contributed by atoms with E-state index in [1.807, 2.05) is 6.07 Å². The van der Waals surface area contributed by atoms with E-state index in [1.54, 1.807) is 7.11 Å². The third kappa shape index (κ3) is 3.09. The van der Waals surface area contributed by atoms with Crippen molar-refractivity contribution in [1.29, 1.82) is 0 Å². The van der Waals surface area contributed by atoms with Crippen LogP contribution >= 0.6 is 0 Å². The molecule has 3 aromatic rings. The molecule has 3 nitrogen and oxygen atoms in total. The minimum atomic E-state index is -0.295. The van der Waals surface area contributed by atoms with Gasteiger partial charge in [0.2, 0.25) is 0 Å². The topological polar surface area (TPSA) is 24.5 Å². The normalized spacial score (nSPS) is 15.9. The van der Waals surface area contributed by atoms with Gasteiger partial charge in [-0.1, -0.05) is 18.2 Å². The lowest BCUT2D eigenvalue weighted by Gasteiger charge is -2.34. The summed E-state index contributed by atoms with van der Waals surface area (Å²) in [4.78, 5) is 2.42. The van der Waals surface area contributed by atoms with Crippen LogP contribution in [-0.4, -0.2) is 12.6 Å². The van der Waals surface area contributed by atoms with Crippen LogP contribution in [0.5, 0.6) is 5.75 Å². The fourth-order valence-electron chi connectivity index (χ4n) is 4.84. The predicted molar refractivity (Wildman–Crippen MR) is 126 cm³/mol. The summed E-state index contributed by atoms with van der Waals surface area (Å²) in [6.45, 7) is 9.49. The molecule has 0 saturated heterocycles. The zero-order chi connectivity index (χ0) is 21.9. The first kappa shape index (κ1) is 19.7. The molecule has 0 aromatic heterocycles. The molecule has 0 saturated carbocycles. The lowest BCUT2D eigenvalue weighted by molar-refractivity contribution is 0.413. The number of nitrogens with zero attached hydrogens (tertiary/aromatic N) is 1. The minimum absolute atomic E-state index is 0.158. The van der Waals surface area contributed by atoms with Gasteiger partial charge in [0.25, 0.3) is 0 Å². The van der Waals surface area contributed by atoms with Crippen molar-refractivity contribution in [2.24, 2.45) is 0 Å². The summed E-state index contributed by atoms with van der Waals surface area (Å²) in [5, 5.41) is 3.67. The lowest BCUT2D eigenvalue weighted by atomic mass is 9.89. The number of benzene rings is 3. The van der Waals surface area contributed by atoms with Crippen LogP contribution in [0.3, 0.4) is 0 Å². The van der Waals surface area contributed by atoms with E-state index in [-0.39, 0.29) is 11.4 Å². The Bertz CT molecular complexity index is 1240. The quantitative estimate of drug-likeness (QED) is 0.517. The Labute approximate surface area is 183 Å². The SMILES string of the molecule is COc1cc(F)ccc1-c1ccc2c3c1CN(c1cccc(C)c1C)C3=CC(C)(C)N2. The summed E-state index contributed by atoms with van der Waals surface area (Å²) in [6, 6.07) is 15.5. The summed E-state index contributed by atoms with van der Waals surface area (Å²) < 4.78 is 19.4. The molecule has 2 heterocycles. The average Bonchev–Trinajstić information content (AvgIpc) is 3.09. The van der Waals surface area contributed by atoms with Gasteiger partial charge < -0.3 is 15.0 Å². The molecule has 0 radical (unpaired) electrons. The Hall–Kier alpha value is -3.27. The van der Waals surface area contributed by atoms with Gasteiger partial charge in [-0.15, -0.1) is 0 Å². The Kier molecular flexibility index (Phi) is 4.37. The maximum absolute atomic E-state index is 13.9. The summed E-state index contributed by atoms with van der Waals surface area (Å²) in [6.07, 6.45) is 2.32. The van der Waals surface area contributed by atoms with Crippen LogP contribution in [-0.2, 0) is 6.54 Å². The van der Waals surface area contributed by atoms with E-state index in [4.69, 9.17) is 4.74 Å². The number of rotatable bonds is 3. The van der Waals surface area contributed by atoms with Crippen molar-refractivity contribution in [2.75, 3.05) is 17.3 Å². The highest BCUT2D eigenvalue weighted by Gasteiger charge is 2.36. The van der Waals surface area contributed by atoms with E-state index in [2.05, 4.69) is 74.3 Å². The molecule has 0 bridgehead atoms. The van der Waals surface area contributed by atoms with Gasteiger partial charge in [-0.3, -0.25) is 0 Å². The van der Waals surface area contributed by atoms with Crippen LogP contribution in [0.25, 0.3) is 16.8 Å². The first-order valence-electron chi connectivity index (χ1n) is 10.6. The maximum atomic E-state index is 13.9. The van der Waals surface area contributed by atoms with Crippen LogP contribution < -0.4 is 15.0 Å². The molecule has 2 aliphatic rings. The number of halogens is 1. The van der Waals surface area contributed by atoms with Crippen LogP contribution in [0.4, 0.5) is 15.8 Å². The second-order valence-electron chi connectivity index (χ2n) is 9.04. The molecule has 4 heteroatoms. The largest absolute Gasteiger partial charge is 0.496 e. The number of aryl methyl sites for hydroxylation is 1. The van der Waals surface area contributed by atoms with Crippen molar-refractivity contribution in [3.05, 3.63) is 82.7 Å². The van der Waals surface area contributed by atoms with Crippen LogP contribution in [0.15, 0.2) is 54.6 Å². The second kappa shape index (κ2) is 6.88. The number of hydrogen-bond donors (Lipinski definition) is 1. The van der Waals surface area contributed by atoms with Crippen molar-refractivity contribution in [1.82, 2.24) is 0 Å². The molecule has 5 rings (SSSR count). The summed E-state index contributed by atoms with van der Waals surface area (Å²) in [7, 11) is 1.59. The van der Waals surface area contributed by atoms with Gasteiger partial charge in [0.05, 0.1) is 12.6 Å². The molecule has 0 amide bonds. The first-order chi connectivity index (χ1) is 14.8. The van der Waals surface area contributed by atoms with E-state index in [0.29, 0.717) is 5.75 Å². The second-order valence-corrected chi connectivity index (χ2v) is 9.04. The molecule has 0 unspecified atom stereocenters. The number of anilines is 2. The third-order valence-electron chi connectivity index (χ3n) is 6.45. The lowest BCUT2D eigenvalue weighted by Crippen LogP contribution is -2.33. The van der Waals surface area contributed by atoms with Crippen LogP contribution in [0.1, 0.15) is 36.1 Å². The highest BCUT2D eigenvalue weighted by atomic mass is 19.1. The molecular weight excluding hydrogens is 387 g/mol. The van der Waals surface area contributed by atoms with Crippen LogP contribution in [0.2, 0.25) is 0 Å². The van der Waals surface area contributed by atoms with Crippen molar-refractivity contribution in [3.8, 4) is 16.9 Å². The summed E-state index contributed by atoms with van der Waals surface area (Å²) in [5.41, 5.74) is 10.4. The van der Waals surface area contributed by atoms with E-state index in [1.165, 1.54) is 45.8 Å². The molecule has 1 N–H and O–H groups in total. The number of nitrogens with one attached hydrogen (secondary N) is 1. The molecule has 0 atom stereocenters. The van der Waals surface area contributed by atoms with E-state index in [0.717, 1.165) is 23.4 Å². The van der Waals surface area contributed by atoms with Gasteiger partial charge in [0.1, 0.15) is 11.6 Å². The summed E-state index contributed by atoms with van der Waals surface area (Å²) in [5.74, 6) is 0.256. The molecular formula is C27H27FN2O. The summed E-state index contributed by atoms with van der Waals surface area (Å²) >= 11 is 0. The fourth-order valence-corrected chi connectivity index (χ4v) is 4.84. The smallest absolute Gasteiger partial charge is 0.129 e. The molecule has 0 spiro atoms. The van der Waals surface area contributed by atoms with Gasteiger partial charge in [-0.2, -0.15) is 0 Å². The molecule has 0 fully saturated rings. The zero-order valence-corrected chi connectivity index (χ0v) is 18.6. The average molecular weight is 415 g/mol. The Morgan fingerprint density at radius 2 is 1.81 bits per heavy atom. The van der Waals surface area contributed by atoms with Crippen molar-refractivity contribution in [2.45, 2.75) is 39.8 Å². The van der Waals surface area contributed by atoms with Crippen LogP contribution in [0, 0.1) is 19.7 Å².